The van der Waals surface area contributed by atoms with E-state index in [0.717, 1.165) is 4.57 Å². The third-order valence-electron chi connectivity index (χ3n) is 1.24. The van der Waals surface area contributed by atoms with E-state index in [4.69, 9.17) is 15.3 Å². The van der Waals surface area contributed by atoms with Crippen LogP contribution in [0.3, 0.4) is 0 Å². The summed E-state index contributed by atoms with van der Waals surface area (Å²) in [6.07, 6.45) is -2.05. The molecule has 0 unspecified atom stereocenters. The molecule has 5 nitrogen and oxygen atoms in total. The fraction of sp³-hybridized carbons (Fsp3) is 0.125. The third-order valence-corrected chi connectivity index (χ3v) is 1.24. The maximum absolute atomic E-state index is 7.65. The van der Waals surface area contributed by atoms with Gasteiger partial charge >= 0.3 is 0 Å². The Balaban J connectivity index is 2.75. The van der Waals surface area contributed by atoms with Gasteiger partial charge in [-0.15, -0.1) is 0 Å². The number of hydrogen-bond donors (Lipinski definition) is 1. The molecule has 0 aliphatic rings. The lowest BCUT2D eigenvalue weighted by Crippen LogP contribution is -1.96. The van der Waals surface area contributed by atoms with Gasteiger partial charge in [0.25, 0.3) is 0 Å². The molecule has 2 N–H and O–H groups in total. The zero-order chi connectivity index (χ0) is 15.2. The molecule has 2 heterocycles. The SMILES string of the molecule is [2H]c1nc([2H])c(C([2H])([2H])[2H])nc1-n1c([2H])nc(N)c1[2H]. The topological polar surface area (TPSA) is 69.6 Å². The minimum Gasteiger partial charge on any atom is -0.382 e. The first-order valence-corrected chi connectivity index (χ1v) is 3.30. The van der Waals surface area contributed by atoms with Crippen molar-refractivity contribution < 1.29 is 9.60 Å². The molecular weight excluding hydrogens is 166 g/mol. The highest BCUT2D eigenvalue weighted by Crippen LogP contribution is 2.05. The highest BCUT2D eigenvalue weighted by atomic mass is 15.1. The van der Waals surface area contributed by atoms with Crippen molar-refractivity contribution in [3.63, 3.8) is 0 Å². The number of aromatic nitrogens is 4. The van der Waals surface area contributed by atoms with Gasteiger partial charge in [-0.1, -0.05) is 0 Å². The van der Waals surface area contributed by atoms with E-state index in [0.29, 0.717) is 0 Å². The molecule has 0 aliphatic carbocycles. The summed E-state index contributed by atoms with van der Waals surface area (Å²) in [4.78, 5) is 10.7. The molecule has 0 saturated carbocycles. The van der Waals surface area contributed by atoms with Gasteiger partial charge in [-0.3, -0.25) is 9.55 Å². The van der Waals surface area contributed by atoms with Crippen LogP contribution in [0.15, 0.2) is 24.8 Å². The lowest BCUT2D eigenvalue weighted by molar-refractivity contribution is 0.949. The number of rotatable bonds is 1. The van der Waals surface area contributed by atoms with Crippen molar-refractivity contribution in [2.75, 3.05) is 5.73 Å². The summed E-state index contributed by atoms with van der Waals surface area (Å²) >= 11 is 0. The molecule has 66 valence electrons. The van der Waals surface area contributed by atoms with Crippen LogP contribution in [0.4, 0.5) is 5.82 Å². The van der Waals surface area contributed by atoms with Crippen LogP contribution >= 0.6 is 0 Å². The van der Waals surface area contributed by atoms with Crippen molar-refractivity contribution >= 4 is 5.82 Å². The molecule has 0 amide bonds. The van der Waals surface area contributed by atoms with Crippen LogP contribution in [-0.4, -0.2) is 19.5 Å². The van der Waals surface area contributed by atoms with Crippen LogP contribution in [0, 0.1) is 6.85 Å². The highest BCUT2D eigenvalue weighted by molar-refractivity contribution is 5.29. The molecule has 2 rings (SSSR count). The van der Waals surface area contributed by atoms with Gasteiger partial charge in [0.1, 0.15) is 13.5 Å². The van der Waals surface area contributed by atoms with Crippen molar-refractivity contribution in [3.05, 3.63) is 30.5 Å². The van der Waals surface area contributed by atoms with Crippen molar-refractivity contribution in [2.24, 2.45) is 0 Å². The molecule has 0 radical (unpaired) electrons. The van der Waals surface area contributed by atoms with Gasteiger partial charge < -0.3 is 5.73 Å². The molecule has 0 fully saturated rings. The maximum atomic E-state index is 7.65. The monoisotopic (exact) mass is 182 g/mol. The van der Waals surface area contributed by atoms with E-state index in [1.54, 1.807) is 0 Å². The molecule has 0 aromatic carbocycles. The largest absolute Gasteiger partial charge is 0.382 e. The summed E-state index contributed by atoms with van der Waals surface area (Å²) in [5.41, 5.74) is 4.77. The van der Waals surface area contributed by atoms with Crippen LogP contribution in [0.25, 0.3) is 5.82 Å². The van der Waals surface area contributed by atoms with Crippen LogP contribution in [0.2, 0.25) is 0 Å². The first-order valence-electron chi connectivity index (χ1n) is 6.80. The van der Waals surface area contributed by atoms with Gasteiger partial charge in [0.05, 0.1) is 22.2 Å². The highest BCUT2D eigenvalue weighted by Gasteiger charge is 1.99. The van der Waals surface area contributed by atoms with E-state index in [1.165, 1.54) is 0 Å². The fourth-order valence-electron chi connectivity index (χ4n) is 0.756. The Kier molecular flexibility index (Phi) is 0.680. The Bertz CT molecular complexity index is 677. The first-order chi connectivity index (χ1) is 9.12. The van der Waals surface area contributed by atoms with Crippen molar-refractivity contribution in [2.45, 2.75) is 6.85 Å². The maximum Gasteiger partial charge on any atom is 0.156 e. The van der Waals surface area contributed by atoms with E-state index in [9.17, 15) is 0 Å². The molecule has 2 aromatic heterocycles. The smallest absolute Gasteiger partial charge is 0.156 e. The van der Waals surface area contributed by atoms with Gasteiger partial charge in [0, 0.05) is 10.3 Å². The Morgan fingerprint density at radius 3 is 3.23 bits per heavy atom. The van der Waals surface area contributed by atoms with Gasteiger partial charge in [-0.05, 0) is 6.85 Å². The molecular formula is C8H9N5. The first kappa shape index (κ1) is 3.10. The van der Waals surface area contributed by atoms with Gasteiger partial charge in [-0.25, -0.2) is 9.97 Å². The van der Waals surface area contributed by atoms with Crippen molar-refractivity contribution in [1.29, 1.82) is 0 Å². The zero-order valence-corrected chi connectivity index (χ0v) is 6.37. The zero-order valence-electron chi connectivity index (χ0n) is 13.4. The van der Waals surface area contributed by atoms with E-state index in [-0.39, 0.29) is 11.6 Å². The van der Waals surface area contributed by atoms with Crippen LogP contribution in [0.1, 0.15) is 15.3 Å². The lowest BCUT2D eigenvalue weighted by Gasteiger charge is -1.99. The number of hydrogen-bond acceptors (Lipinski definition) is 4. The number of nitrogens with zero attached hydrogens (tertiary/aromatic N) is 4. The molecule has 2 aromatic rings. The van der Waals surface area contributed by atoms with Gasteiger partial charge in [0.15, 0.2) is 5.82 Å². The van der Waals surface area contributed by atoms with E-state index >= 15 is 0 Å². The average Bonchev–Trinajstić information content (AvgIpc) is 2.53. The Morgan fingerprint density at radius 1 is 1.62 bits per heavy atom. The lowest BCUT2D eigenvalue weighted by atomic mass is 10.5. The summed E-state index contributed by atoms with van der Waals surface area (Å²) in [6, 6.07) is 0. The molecule has 0 aliphatic heterocycles. The number of imidazole rings is 1. The third kappa shape index (κ3) is 1.48. The molecule has 13 heavy (non-hydrogen) atoms. The number of aryl methyl sites for hydroxylation is 1. The second kappa shape index (κ2) is 2.85. The quantitative estimate of drug-likeness (QED) is 0.699. The van der Waals surface area contributed by atoms with Crippen LogP contribution in [-0.2, 0) is 0 Å². The average molecular weight is 182 g/mol. The number of nitrogens with two attached hydrogens (primary N) is 1. The van der Waals surface area contributed by atoms with E-state index in [1.807, 2.05) is 0 Å². The fourth-order valence-corrected chi connectivity index (χ4v) is 0.756. The van der Waals surface area contributed by atoms with Gasteiger partial charge in [-0.2, -0.15) is 0 Å². The summed E-state index contributed by atoms with van der Waals surface area (Å²) in [5.74, 6) is -0.618. The Hall–Kier alpha value is -1.91. The molecule has 5 heteroatoms. The van der Waals surface area contributed by atoms with E-state index < -0.39 is 37.4 Å². The van der Waals surface area contributed by atoms with Crippen LogP contribution in [0.5, 0.6) is 0 Å². The van der Waals surface area contributed by atoms with Crippen molar-refractivity contribution in [3.8, 4) is 5.82 Å². The standard InChI is InChI=1S/C8H9N5/c1-6-2-10-3-8(12-6)13-4-7(9)11-5-13/h2-5H,9H2,1H3/i1D3,2D,3D,4D,5D. The summed E-state index contributed by atoms with van der Waals surface area (Å²) in [7, 11) is 0. The second-order valence-electron chi connectivity index (χ2n) is 2.16. The minimum absolute atomic E-state index is 0.249. The Labute approximate surface area is 85.1 Å². The second-order valence-corrected chi connectivity index (χ2v) is 2.16. The van der Waals surface area contributed by atoms with E-state index in [2.05, 4.69) is 15.0 Å². The predicted molar refractivity (Wildman–Crippen MR) is 48.3 cm³/mol. The molecule has 0 atom stereocenters. The van der Waals surface area contributed by atoms with Crippen molar-refractivity contribution in [1.82, 2.24) is 19.5 Å². The summed E-state index contributed by atoms with van der Waals surface area (Å²) < 4.78 is 52.8. The summed E-state index contributed by atoms with van der Waals surface area (Å²) in [5, 5.41) is 0. The molecule has 0 bridgehead atoms. The molecule has 0 spiro atoms. The summed E-state index contributed by atoms with van der Waals surface area (Å²) in [6.45, 7) is -2.69. The number of anilines is 1. The number of nitrogen functional groups attached to an aromatic ring is 1. The Morgan fingerprint density at radius 2 is 2.54 bits per heavy atom. The van der Waals surface area contributed by atoms with Crippen LogP contribution < -0.4 is 5.73 Å². The minimum atomic E-state index is -2.69. The normalized spacial score (nSPS) is 18.9. The molecule has 0 saturated heterocycles. The predicted octanol–water partition coefficient (Wildman–Crippen LogP) is 0.553. The van der Waals surface area contributed by atoms with Gasteiger partial charge in [0.2, 0.25) is 0 Å².